The Morgan fingerprint density at radius 2 is 2.15 bits per heavy atom. The number of carboxylic acids is 1. The summed E-state index contributed by atoms with van der Waals surface area (Å²) in [5, 5.41) is 8.56. The molecule has 0 amide bonds. The van der Waals surface area contributed by atoms with Crippen molar-refractivity contribution in [2.75, 3.05) is 5.75 Å². The first-order valence-corrected chi connectivity index (χ1v) is 8.19. The van der Waals surface area contributed by atoms with Crippen LogP contribution in [0.5, 0.6) is 0 Å². The van der Waals surface area contributed by atoms with E-state index < -0.39 is 27.0 Å². The quantitative estimate of drug-likeness (QED) is 0.884. The van der Waals surface area contributed by atoms with E-state index in [0.717, 1.165) is 5.69 Å². The molecule has 0 aromatic carbocycles. The van der Waals surface area contributed by atoms with E-state index in [2.05, 4.69) is 4.98 Å². The fourth-order valence-electron chi connectivity index (χ4n) is 3.01. The van der Waals surface area contributed by atoms with Crippen molar-refractivity contribution in [3.63, 3.8) is 0 Å². The van der Waals surface area contributed by atoms with Gasteiger partial charge in [0.05, 0.1) is 11.7 Å². The van der Waals surface area contributed by atoms with Crippen LogP contribution in [0.25, 0.3) is 0 Å². The average molecular weight is 321 g/mol. The summed E-state index contributed by atoms with van der Waals surface area (Å²) in [5.74, 6) is -0.509. The molecule has 1 N–H and O–H groups in total. The van der Waals surface area contributed by atoms with Crippen LogP contribution in [0.4, 0.5) is 0 Å². The van der Waals surface area contributed by atoms with Gasteiger partial charge in [0.1, 0.15) is 11.1 Å². The topological polar surface area (TPSA) is 89.3 Å². The minimum absolute atomic E-state index is 0. The van der Waals surface area contributed by atoms with Gasteiger partial charge in [0.15, 0.2) is 9.84 Å². The van der Waals surface area contributed by atoms with Crippen molar-refractivity contribution in [1.82, 2.24) is 9.55 Å². The minimum atomic E-state index is -3.11. The van der Waals surface area contributed by atoms with E-state index in [0.29, 0.717) is 38.1 Å². The van der Waals surface area contributed by atoms with Crippen molar-refractivity contribution in [3.8, 4) is 0 Å². The Hall–Kier alpha value is -1.08. The zero-order valence-corrected chi connectivity index (χ0v) is 12.5. The maximum Gasteiger partial charge on any atom is 0.308 e. The smallest absolute Gasteiger partial charge is 0.308 e. The summed E-state index contributed by atoms with van der Waals surface area (Å²) in [7, 11) is -3.11. The number of aliphatic carboxylic acids is 1. The van der Waals surface area contributed by atoms with E-state index in [9.17, 15) is 13.2 Å². The van der Waals surface area contributed by atoms with Crippen molar-refractivity contribution in [3.05, 3.63) is 17.7 Å². The molecule has 20 heavy (non-hydrogen) atoms. The van der Waals surface area contributed by atoms with Gasteiger partial charge in [-0.05, 0) is 25.7 Å². The molecule has 2 aliphatic rings. The monoisotopic (exact) mass is 320 g/mol. The van der Waals surface area contributed by atoms with Crippen LogP contribution >= 0.6 is 12.4 Å². The lowest BCUT2D eigenvalue weighted by atomic mass is 9.98. The molecule has 0 radical (unpaired) electrons. The number of halogens is 1. The van der Waals surface area contributed by atoms with Crippen LogP contribution in [-0.4, -0.2) is 34.8 Å². The molecule has 2 aliphatic heterocycles. The second-order valence-corrected chi connectivity index (χ2v) is 7.59. The third kappa shape index (κ3) is 2.44. The lowest BCUT2D eigenvalue weighted by Crippen LogP contribution is -2.28. The highest BCUT2D eigenvalue weighted by molar-refractivity contribution is 7.91. The number of carboxylic acid groups (broad SMARTS) is 1. The molecule has 2 atom stereocenters. The maximum atomic E-state index is 12.0. The van der Waals surface area contributed by atoms with Crippen LogP contribution in [0.15, 0.2) is 6.20 Å². The number of carbonyl (C=O) groups is 1. The number of aromatic nitrogens is 2. The summed E-state index contributed by atoms with van der Waals surface area (Å²) >= 11 is 0. The number of hydrogen-bond acceptors (Lipinski definition) is 4. The van der Waals surface area contributed by atoms with E-state index in [1.807, 2.05) is 4.57 Å². The van der Waals surface area contributed by atoms with Gasteiger partial charge < -0.3 is 9.67 Å². The molecule has 2 unspecified atom stereocenters. The second kappa shape index (κ2) is 5.37. The lowest BCUT2D eigenvalue weighted by Gasteiger charge is -2.23. The highest BCUT2D eigenvalue weighted by atomic mass is 35.5. The summed E-state index contributed by atoms with van der Waals surface area (Å²) < 4.78 is 25.8. The standard InChI is InChI=1S/C12H16N2O4S.ClH/c15-12(16)8-3-4-9-6-13-11(14(9)7-8)10-2-1-5-19(10,17)18;/h6,8,10H,1-5,7H2,(H,15,16);1H. The molecule has 112 valence electrons. The molecule has 3 rings (SSSR count). The van der Waals surface area contributed by atoms with Crippen LogP contribution in [-0.2, 0) is 27.6 Å². The zero-order valence-electron chi connectivity index (χ0n) is 10.9. The second-order valence-electron chi connectivity index (χ2n) is 5.29. The SMILES string of the molecule is Cl.O=C(O)C1CCc2cnc(C3CCCS3(=O)=O)n2C1. The van der Waals surface area contributed by atoms with Gasteiger partial charge in [0.25, 0.3) is 0 Å². The Labute approximate surface area is 123 Å². The van der Waals surface area contributed by atoms with E-state index in [1.165, 1.54) is 0 Å². The highest BCUT2D eigenvalue weighted by Gasteiger charge is 2.38. The van der Waals surface area contributed by atoms with Gasteiger partial charge in [0.2, 0.25) is 0 Å². The fraction of sp³-hybridized carbons (Fsp3) is 0.667. The molecule has 1 aromatic heterocycles. The maximum absolute atomic E-state index is 12.0. The average Bonchev–Trinajstić information content (AvgIpc) is 2.90. The third-order valence-electron chi connectivity index (χ3n) is 4.09. The van der Waals surface area contributed by atoms with E-state index in [4.69, 9.17) is 5.11 Å². The Bertz CT molecular complexity index is 625. The fourth-order valence-corrected chi connectivity index (χ4v) is 4.90. The van der Waals surface area contributed by atoms with Crippen molar-refractivity contribution in [2.24, 2.45) is 5.92 Å². The molecule has 0 bridgehead atoms. The summed E-state index contributed by atoms with van der Waals surface area (Å²) in [6, 6.07) is 0. The normalized spacial score (nSPS) is 27.6. The van der Waals surface area contributed by atoms with Gasteiger partial charge in [0, 0.05) is 18.4 Å². The number of sulfone groups is 1. The first kappa shape index (κ1) is 15.3. The predicted octanol–water partition coefficient (Wildman–Crippen LogP) is 1.20. The molecule has 8 heteroatoms. The Morgan fingerprint density at radius 1 is 1.40 bits per heavy atom. The number of fused-ring (bicyclic) bond motifs is 1. The van der Waals surface area contributed by atoms with Gasteiger partial charge in [-0.2, -0.15) is 0 Å². The Morgan fingerprint density at radius 3 is 2.75 bits per heavy atom. The number of nitrogens with zero attached hydrogens (tertiary/aromatic N) is 2. The summed E-state index contributed by atoms with van der Waals surface area (Å²) in [5.41, 5.74) is 0.953. The van der Waals surface area contributed by atoms with Crippen molar-refractivity contribution in [2.45, 2.75) is 37.5 Å². The van der Waals surface area contributed by atoms with Gasteiger partial charge in [-0.15, -0.1) is 12.4 Å². The van der Waals surface area contributed by atoms with E-state index in [-0.39, 0.29) is 18.2 Å². The molecule has 3 heterocycles. The van der Waals surface area contributed by atoms with Gasteiger partial charge in [-0.25, -0.2) is 13.4 Å². The van der Waals surface area contributed by atoms with Gasteiger partial charge in [-0.1, -0.05) is 0 Å². The number of imidazole rings is 1. The van der Waals surface area contributed by atoms with Gasteiger partial charge in [-0.3, -0.25) is 4.79 Å². The van der Waals surface area contributed by atoms with Crippen LogP contribution in [0.1, 0.15) is 36.0 Å². The molecule has 1 fully saturated rings. The van der Waals surface area contributed by atoms with Crippen LogP contribution in [0, 0.1) is 5.92 Å². The molecule has 1 saturated heterocycles. The predicted molar refractivity (Wildman–Crippen MR) is 74.7 cm³/mol. The summed E-state index contributed by atoms with van der Waals surface area (Å²) in [4.78, 5) is 15.4. The van der Waals surface area contributed by atoms with Crippen LogP contribution < -0.4 is 0 Å². The number of rotatable bonds is 2. The third-order valence-corrected chi connectivity index (χ3v) is 6.26. The molecule has 0 aliphatic carbocycles. The molecule has 6 nitrogen and oxygen atoms in total. The number of hydrogen-bond donors (Lipinski definition) is 1. The van der Waals surface area contributed by atoms with E-state index in [1.54, 1.807) is 6.20 Å². The lowest BCUT2D eigenvalue weighted by molar-refractivity contribution is -0.142. The largest absolute Gasteiger partial charge is 0.481 e. The Balaban J connectivity index is 0.00000147. The van der Waals surface area contributed by atoms with Crippen LogP contribution in [0.2, 0.25) is 0 Å². The van der Waals surface area contributed by atoms with Gasteiger partial charge >= 0.3 is 5.97 Å². The zero-order chi connectivity index (χ0) is 13.6. The molecular formula is C12H17ClN2O4S. The number of aryl methyl sites for hydroxylation is 1. The van der Waals surface area contributed by atoms with Crippen molar-refractivity contribution >= 4 is 28.2 Å². The highest BCUT2D eigenvalue weighted by Crippen LogP contribution is 2.35. The summed E-state index contributed by atoms with van der Waals surface area (Å²) in [6.07, 6.45) is 4.20. The van der Waals surface area contributed by atoms with Crippen molar-refractivity contribution in [1.29, 1.82) is 0 Å². The first-order valence-electron chi connectivity index (χ1n) is 6.48. The Kier molecular flexibility index (Phi) is 4.11. The molecule has 1 aromatic rings. The van der Waals surface area contributed by atoms with Crippen molar-refractivity contribution < 1.29 is 18.3 Å². The molecule has 0 saturated carbocycles. The van der Waals surface area contributed by atoms with E-state index >= 15 is 0 Å². The summed E-state index contributed by atoms with van der Waals surface area (Å²) in [6.45, 7) is 0.339. The minimum Gasteiger partial charge on any atom is -0.481 e. The first-order chi connectivity index (χ1) is 8.99. The molecule has 0 spiro atoms. The molecular weight excluding hydrogens is 304 g/mol. The van der Waals surface area contributed by atoms with Crippen LogP contribution in [0.3, 0.4) is 0 Å².